The van der Waals surface area contributed by atoms with Crippen molar-refractivity contribution in [2.45, 2.75) is 60.0 Å². The van der Waals surface area contributed by atoms with E-state index in [0.29, 0.717) is 11.5 Å². The average Bonchev–Trinajstić information content (AvgIpc) is 2.28. The largest absolute Gasteiger partial charge is 0.377 e. The fraction of sp³-hybridized carbons (Fsp3) is 1.00. The van der Waals surface area contributed by atoms with Crippen molar-refractivity contribution in [2.24, 2.45) is 5.41 Å². The molecule has 1 N–H and O–H groups in total. The maximum absolute atomic E-state index is 5.63. The fourth-order valence-electron chi connectivity index (χ4n) is 2.57. The third-order valence-corrected chi connectivity index (χ3v) is 3.41. The third-order valence-electron chi connectivity index (χ3n) is 3.41. The molecule has 0 aliphatic rings. The summed E-state index contributed by atoms with van der Waals surface area (Å²) in [5.74, 6) is 0. The number of nitrogens with zero attached hydrogens (tertiary/aromatic N) is 1. The van der Waals surface area contributed by atoms with E-state index in [0.717, 1.165) is 32.8 Å². The van der Waals surface area contributed by atoms with Gasteiger partial charge in [-0.3, -0.25) is 0 Å². The third kappa shape index (κ3) is 10.3. The van der Waals surface area contributed by atoms with Crippen LogP contribution >= 0.6 is 0 Å². The first-order valence-corrected chi connectivity index (χ1v) is 7.94. The van der Waals surface area contributed by atoms with E-state index in [1.54, 1.807) is 0 Å². The van der Waals surface area contributed by atoms with Crippen molar-refractivity contribution in [3.05, 3.63) is 0 Å². The van der Waals surface area contributed by atoms with Crippen LogP contribution in [0.2, 0.25) is 0 Å². The molecule has 0 saturated carbocycles. The summed E-state index contributed by atoms with van der Waals surface area (Å²) < 4.78 is 5.63. The Morgan fingerprint density at radius 2 is 1.89 bits per heavy atom. The first-order chi connectivity index (χ1) is 8.93. The first kappa shape index (κ1) is 18.9. The molecule has 0 spiro atoms. The Kier molecular flexibility index (Phi) is 10.6. The molecule has 1 unspecified atom stereocenters. The van der Waals surface area contributed by atoms with Gasteiger partial charge in [-0.2, -0.15) is 0 Å². The molecule has 0 fully saturated rings. The minimum Gasteiger partial charge on any atom is -0.377 e. The van der Waals surface area contributed by atoms with Gasteiger partial charge in [-0.25, -0.2) is 0 Å². The van der Waals surface area contributed by atoms with E-state index in [9.17, 15) is 0 Å². The summed E-state index contributed by atoms with van der Waals surface area (Å²) in [5, 5.41) is 3.58. The molecule has 0 bridgehead atoms. The van der Waals surface area contributed by atoms with Gasteiger partial charge in [0.2, 0.25) is 0 Å². The lowest BCUT2D eigenvalue weighted by Gasteiger charge is -2.34. The highest BCUT2D eigenvalue weighted by Crippen LogP contribution is 2.23. The minimum absolute atomic E-state index is 0.335. The molecule has 0 aromatic heterocycles. The van der Waals surface area contributed by atoms with Gasteiger partial charge in [-0.05, 0) is 45.7 Å². The zero-order chi connectivity index (χ0) is 14.7. The van der Waals surface area contributed by atoms with Crippen molar-refractivity contribution in [1.82, 2.24) is 10.2 Å². The van der Waals surface area contributed by atoms with E-state index in [1.165, 1.54) is 19.3 Å². The zero-order valence-electron chi connectivity index (χ0n) is 14.1. The number of nitrogens with one attached hydrogen (secondary N) is 1. The van der Waals surface area contributed by atoms with Crippen LogP contribution < -0.4 is 5.32 Å². The van der Waals surface area contributed by atoms with E-state index in [-0.39, 0.29) is 0 Å². The first-order valence-electron chi connectivity index (χ1n) is 7.94. The van der Waals surface area contributed by atoms with Crippen molar-refractivity contribution in [1.29, 1.82) is 0 Å². The number of hydrogen-bond donors (Lipinski definition) is 1. The Labute approximate surface area is 121 Å². The Morgan fingerprint density at radius 1 is 1.21 bits per heavy atom. The lowest BCUT2D eigenvalue weighted by atomic mass is 9.85. The van der Waals surface area contributed by atoms with Crippen molar-refractivity contribution in [3.8, 4) is 0 Å². The van der Waals surface area contributed by atoms with Gasteiger partial charge < -0.3 is 15.0 Å². The Balaban J connectivity index is 4.07. The van der Waals surface area contributed by atoms with Gasteiger partial charge in [0.1, 0.15) is 0 Å². The molecule has 1 atom stereocenters. The summed E-state index contributed by atoms with van der Waals surface area (Å²) in [5.41, 5.74) is 0.372. The Morgan fingerprint density at radius 3 is 2.42 bits per heavy atom. The predicted octanol–water partition coefficient (Wildman–Crippen LogP) is 3.15. The van der Waals surface area contributed by atoms with E-state index in [4.69, 9.17) is 4.74 Å². The van der Waals surface area contributed by atoms with Gasteiger partial charge in [-0.15, -0.1) is 0 Å². The lowest BCUT2D eigenvalue weighted by molar-refractivity contribution is 0.0547. The van der Waals surface area contributed by atoms with Gasteiger partial charge in [0.25, 0.3) is 0 Å². The average molecular weight is 272 g/mol. The summed E-state index contributed by atoms with van der Waals surface area (Å²) in [6.45, 7) is 16.3. The predicted molar refractivity (Wildman–Crippen MR) is 84.8 cm³/mol. The van der Waals surface area contributed by atoms with Gasteiger partial charge in [-0.1, -0.05) is 27.2 Å². The molecule has 0 heterocycles. The molecular weight excluding hydrogens is 236 g/mol. The molecule has 3 nitrogen and oxygen atoms in total. The fourth-order valence-corrected chi connectivity index (χ4v) is 2.57. The molecule has 3 heteroatoms. The highest BCUT2D eigenvalue weighted by Gasteiger charge is 2.24. The topological polar surface area (TPSA) is 24.5 Å². The molecule has 0 rings (SSSR count). The van der Waals surface area contributed by atoms with E-state index < -0.39 is 0 Å². The maximum atomic E-state index is 5.63. The van der Waals surface area contributed by atoms with Crippen LogP contribution in [0.4, 0.5) is 0 Å². The molecule has 19 heavy (non-hydrogen) atoms. The lowest BCUT2D eigenvalue weighted by Crippen LogP contribution is -2.42. The van der Waals surface area contributed by atoms with Crippen LogP contribution in [-0.4, -0.2) is 50.8 Å². The van der Waals surface area contributed by atoms with E-state index >= 15 is 0 Å². The molecular formula is C16H36N2O. The molecule has 0 aliphatic heterocycles. The summed E-state index contributed by atoms with van der Waals surface area (Å²) in [6.07, 6.45) is 4.07. The standard InChI is InChI=1S/C16H36N2O/c1-7-9-16(5,13-17-10-8-2)14-18(6)11-12-19-15(3)4/h15,17H,7-14H2,1-6H3. The molecule has 0 amide bonds. The molecule has 116 valence electrons. The van der Waals surface area contributed by atoms with Crippen molar-refractivity contribution < 1.29 is 4.74 Å². The highest BCUT2D eigenvalue weighted by molar-refractivity contribution is 4.79. The summed E-state index contributed by atoms with van der Waals surface area (Å²) in [4.78, 5) is 2.41. The van der Waals surface area contributed by atoms with Crippen molar-refractivity contribution in [3.63, 3.8) is 0 Å². The number of rotatable bonds is 12. The normalized spacial score (nSPS) is 15.2. The maximum Gasteiger partial charge on any atom is 0.0596 e. The second kappa shape index (κ2) is 10.6. The van der Waals surface area contributed by atoms with E-state index in [1.807, 2.05) is 0 Å². The summed E-state index contributed by atoms with van der Waals surface area (Å²) in [6, 6.07) is 0. The number of hydrogen-bond acceptors (Lipinski definition) is 3. The molecule has 0 radical (unpaired) electrons. The van der Waals surface area contributed by atoms with Gasteiger partial charge in [0.15, 0.2) is 0 Å². The van der Waals surface area contributed by atoms with Crippen LogP contribution in [0.5, 0.6) is 0 Å². The second-order valence-electron chi connectivity index (χ2n) is 6.39. The van der Waals surface area contributed by atoms with Gasteiger partial charge >= 0.3 is 0 Å². The highest BCUT2D eigenvalue weighted by atomic mass is 16.5. The molecule has 0 aromatic rings. The van der Waals surface area contributed by atoms with Crippen LogP contribution in [0.25, 0.3) is 0 Å². The van der Waals surface area contributed by atoms with Crippen molar-refractivity contribution in [2.75, 3.05) is 39.8 Å². The SMILES string of the molecule is CCCNCC(C)(CCC)CN(C)CCOC(C)C. The zero-order valence-corrected chi connectivity index (χ0v) is 14.1. The Hall–Kier alpha value is -0.120. The minimum atomic E-state index is 0.335. The number of ether oxygens (including phenoxy) is 1. The smallest absolute Gasteiger partial charge is 0.0596 e. The second-order valence-corrected chi connectivity index (χ2v) is 6.39. The van der Waals surface area contributed by atoms with Gasteiger partial charge in [0.05, 0.1) is 12.7 Å². The van der Waals surface area contributed by atoms with Crippen LogP contribution in [0.1, 0.15) is 53.9 Å². The molecule has 0 aromatic carbocycles. The summed E-state index contributed by atoms with van der Waals surface area (Å²) >= 11 is 0. The van der Waals surface area contributed by atoms with Crippen LogP contribution in [0.15, 0.2) is 0 Å². The number of likely N-dealkylation sites (N-methyl/N-ethyl adjacent to an activating group) is 1. The van der Waals surface area contributed by atoms with Gasteiger partial charge in [0, 0.05) is 19.6 Å². The molecule has 0 saturated heterocycles. The van der Waals surface area contributed by atoms with Crippen molar-refractivity contribution >= 4 is 0 Å². The molecule has 0 aliphatic carbocycles. The Bertz CT molecular complexity index is 209. The quantitative estimate of drug-likeness (QED) is 0.552. The van der Waals surface area contributed by atoms with Crippen LogP contribution in [0.3, 0.4) is 0 Å². The summed E-state index contributed by atoms with van der Waals surface area (Å²) in [7, 11) is 2.21. The monoisotopic (exact) mass is 272 g/mol. The van der Waals surface area contributed by atoms with Crippen LogP contribution in [0, 0.1) is 5.41 Å². The van der Waals surface area contributed by atoms with E-state index in [2.05, 4.69) is 51.9 Å². The van der Waals surface area contributed by atoms with Crippen LogP contribution in [-0.2, 0) is 4.74 Å².